The maximum atomic E-state index is 10.9. The van der Waals surface area contributed by atoms with Crippen molar-refractivity contribution in [2.75, 3.05) is 0 Å². The monoisotopic (exact) mass is 283 g/mol. The molecule has 0 bridgehead atoms. The van der Waals surface area contributed by atoms with Crippen molar-refractivity contribution in [3.05, 3.63) is 60.2 Å². The first-order valence-electron chi connectivity index (χ1n) is 6.22. The number of nitrogens with zero attached hydrogens (tertiary/aromatic N) is 1. The predicted molar refractivity (Wildman–Crippen MR) is 79.0 cm³/mol. The molecule has 106 valence electrons. The number of rotatable bonds is 4. The molecule has 1 N–H and O–H groups in total. The van der Waals surface area contributed by atoms with Gasteiger partial charge in [-0.25, -0.2) is 9.59 Å². The molecule has 0 spiro atoms. The highest BCUT2D eigenvalue weighted by atomic mass is 16.7. The number of hydrogen-bond donors (Lipinski definition) is 1. The lowest BCUT2D eigenvalue weighted by Gasteiger charge is -2.03. The number of benzene rings is 2. The third kappa shape index (κ3) is 4.01. The van der Waals surface area contributed by atoms with Crippen LogP contribution in [0.25, 0.3) is 10.8 Å². The highest BCUT2D eigenvalue weighted by molar-refractivity contribution is 6.12. The molecule has 0 radical (unpaired) electrons. The first-order chi connectivity index (χ1) is 10.1. The van der Waals surface area contributed by atoms with Crippen molar-refractivity contribution in [1.82, 2.24) is 0 Å². The minimum Gasteiger partial charge on any atom is -0.478 e. The molecule has 0 atom stereocenters. The van der Waals surface area contributed by atoms with Crippen LogP contribution in [0.3, 0.4) is 0 Å². The second-order valence-corrected chi connectivity index (χ2v) is 4.29. The summed E-state index contributed by atoms with van der Waals surface area (Å²) in [6, 6.07) is 13.3. The second kappa shape index (κ2) is 6.47. The fourth-order valence-electron chi connectivity index (χ4n) is 1.79. The number of carboxylic acid groups (broad SMARTS) is 1. The summed E-state index contributed by atoms with van der Waals surface area (Å²) >= 11 is 0. The Bertz CT molecular complexity index is 747. The molecule has 0 heterocycles. The Balaban J connectivity index is 2.44. The topological polar surface area (TPSA) is 76.0 Å². The van der Waals surface area contributed by atoms with Gasteiger partial charge in [-0.1, -0.05) is 41.6 Å². The zero-order valence-electron chi connectivity index (χ0n) is 11.3. The summed E-state index contributed by atoms with van der Waals surface area (Å²) in [5.74, 6) is -1.68. The first kappa shape index (κ1) is 14.5. The normalized spacial score (nSPS) is 11.8. The van der Waals surface area contributed by atoms with E-state index in [0.29, 0.717) is 5.56 Å². The smallest absolute Gasteiger partial charge is 0.332 e. The van der Waals surface area contributed by atoms with Crippen LogP contribution in [0.1, 0.15) is 12.5 Å². The van der Waals surface area contributed by atoms with Gasteiger partial charge in [-0.05, 0) is 22.9 Å². The van der Waals surface area contributed by atoms with Gasteiger partial charge in [0.2, 0.25) is 0 Å². The molecular formula is C16H13NO4. The van der Waals surface area contributed by atoms with E-state index in [1.165, 1.54) is 13.0 Å². The van der Waals surface area contributed by atoms with Crippen LogP contribution in [-0.2, 0) is 14.4 Å². The molecular weight excluding hydrogens is 270 g/mol. The van der Waals surface area contributed by atoms with Gasteiger partial charge in [0.25, 0.3) is 0 Å². The number of carboxylic acids is 1. The lowest BCUT2D eigenvalue weighted by atomic mass is 10.0. The number of oxime groups is 1. The van der Waals surface area contributed by atoms with Crippen LogP contribution in [0.2, 0.25) is 0 Å². The highest BCUT2D eigenvalue weighted by Crippen LogP contribution is 2.16. The van der Waals surface area contributed by atoms with Gasteiger partial charge in [-0.2, -0.15) is 0 Å². The van der Waals surface area contributed by atoms with E-state index in [2.05, 4.69) is 9.99 Å². The molecule has 0 unspecified atom stereocenters. The van der Waals surface area contributed by atoms with E-state index in [-0.39, 0.29) is 5.71 Å². The van der Waals surface area contributed by atoms with E-state index < -0.39 is 11.9 Å². The SMILES string of the molecule is CC(=O)O/N=C(\C=C\C(=O)O)c1ccc2ccccc2c1. The standard InChI is InChI=1S/C16H13NO4/c1-11(18)21-17-15(8-9-16(19)20)14-7-6-12-4-2-3-5-13(12)10-14/h2-10H,1H3,(H,19,20)/b9-8+,17-15+. The highest BCUT2D eigenvalue weighted by Gasteiger charge is 2.04. The largest absolute Gasteiger partial charge is 0.478 e. The molecule has 0 aliphatic carbocycles. The van der Waals surface area contributed by atoms with E-state index in [1.807, 2.05) is 36.4 Å². The zero-order valence-corrected chi connectivity index (χ0v) is 11.3. The number of fused-ring (bicyclic) bond motifs is 1. The Kier molecular flexibility index (Phi) is 4.46. The van der Waals surface area contributed by atoms with Gasteiger partial charge in [0.05, 0.1) is 0 Å². The fourth-order valence-corrected chi connectivity index (χ4v) is 1.79. The zero-order chi connectivity index (χ0) is 15.2. The van der Waals surface area contributed by atoms with E-state index in [4.69, 9.17) is 5.11 Å². The van der Waals surface area contributed by atoms with Gasteiger partial charge in [0, 0.05) is 18.6 Å². The van der Waals surface area contributed by atoms with E-state index >= 15 is 0 Å². The average Bonchev–Trinajstić information content (AvgIpc) is 2.46. The van der Waals surface area contributed by atoms with Crippen molar-refractivity contribution in [2.24, 2.45) is 5.16 Å². The van der Waals surface area contributed by atoms with Crippen molar-refractivity contribution in [2.45, 2.75) is 6.92 Å². The quantitative estimate of drug-likeness (QED) is 0.405. The summed E-state index contributed by atoms with van der Waals surface area (Å²) in [7, 11) is 0. The van der Waals surface area contributed by atoms with Crippen LogP contribution < -0.4 is 0 Å². The minimum absolute atomic E-state index is 0.262. The van der Waals surface area contributed by atoms with Crippen molar-refractivity contribution in [3.63, 3.8) is 0 Å². The maximum absolute atomic E-state index is 10.9. The summed E-state index contributed by atoms with van der Waals surface area (Å²) in [6.45, 7) is 1.22. The number of hydrogen-bond acceptors (Lipinski definition) is 4. The van der Waals surface area contributed by atoms with Gasteiger partial charge in [-0.15, -0.1) is 0 Å². The van der Waals surface area contributed by atoms with Gasteiger partial charge >= 0.3 is 11.9 Å². The summed E-state index contributed by atoms with van der Waals surface area (Å²) in [6.07, 6.45) is 2.23. The molecule has 0 aromatic heterocycles. The molecule has 2 aromatic rings. The first-order valence-corrected chi connectivity index (χ1v) is 6.22. The molecule has 2 rings (SSSR count). The Hall–Kier alpha value is -2.95. The Morgan fingerprint density at radius 2 is 1.81 bits per heavy atom. The van der Waals surface area contributed by atoms with Gasteiger partial charge in [0.1, 0.15) is 5.71 Å². The lowest BCUT2D eigenvalue weighted by molar-refractivity contribution is -0.140. The molecule has 0 amide bonds. The van der Waals surface area contributed by atoms with Crippen LogP contribution in [0.5, 0.6) is 0 Å². The Morgan fingerprint density at radius 1 is 1.10 bits per heavy atom. The van der Waals surface area contributed by atoms with Crippen LogP contribution in [0.4, 0.5) is 0 Å². The summed E-state index contributed by atoms with van der Waals surface area (Å²) in [5.41, 5.74) is 0.922. The second-order valence-electron chi connectivity index (χ2n) is 4.29. The van der Waals surface area contributed by atoms with Gasteiger partial charge in [-0.3, -0.25) is 0 Å². The molecule has 2 aromatic carbocycles. The molecule has 0 fully saturated rings. The van der Waals surface area contributed by atoms with Crippen LogP contribution in [0, 0.1) is 0 Å². The molecule has 5 heteroatoms. The summed E-state index contributed by atoms with van der Waals surface area (Å²) in [4.78, 5) is 26.1. The molecule has 0 aliphatic rings. The third-order valence-corrected chi connectivity index (χ3v) is 2.70. The summed E-state index contributed by atoms with van der Waals surface area (Å²) < 4.78 is 0. The predicted octanol–water partition coefficient (Wildman–Crippen LogP) is 2.75. The molecule has 5 nitrogen and oxygen atoms in total. The molecule has 0 saturated heterocycles. The van der Waals surface area contributed by atoms with E-state index in [1.54, 1.807) is 6.07 Å². The number of carbonyl (C=O) groups excluding carboxylic acids is 1. The van der Waals surface area contributed by atoms with Crippen LogP contribution >= 0.6 is 0 Å². The van der Waals surface area contributed by atoms with Gasteiger partial charge < -0.3 is 9.94 Å². The molecule has 0 saturated carbocycles. The van der Waals surface area contributed by atoms with Crippen LogP contribution in [-0.4, -0.2) is 22.8 Å². The minimum atomic E-state index is -1.11. The van der Waals surface area contributed by atoms with Crippen molar-refractivity contribution >= 4 is 28.4 Å². The van der Waals surface area contributed by atoms with Crippen molar-refractivity contribution in [3.8, 4) is 0 Å². The van der Waals surface area contributed by atoms with Crippen molar-refractivity contribution in [1.29, 1.82) is 0 Å². The van der Waals surface area contributed by atoms with E-state index in [0.717, 1.165) is 16.8 Å². The number of aliphatic carboxylic acids is 1. The third-order valence-electron chi connectivity index (χ3n) is 2.70. The fraction of sp³-hybridized carbons (Fsp3) is 0.0625. The average molecular weight is 283 g/mol. The van der Waals surface area contributed by atoms with Gasteiger partial charge in [0.15, 0.2) is 0 Å². The lowest BCUT2D eigenvalue weighted by Crippen LogP contribution is -2.02. The number of allylic oxidation sites excluding steroid dienone is 1. The van der Waals surface area contributed by atoms with Crippen LogP contribution in [0.15, 0.2) is 59.8 Å². The molecule has 21 heavy (non-hydrogen) atoms. The maximum Gasteiger partial charge on any atom is 0.332 e. The molecule has 0 aliphatic heterocycles. The van der Waals surface area contributed by atoms with Crippen molar-refractivity contribution < 1.29 is 19.5 Å². The Labute approximate surface area is 121 Å². The summed E-state index contributed by atoms with van der Waals surface area (Å²) in [5, 5.41) is 14.4. The number of carbonyl (C=O) groups is 2. The van der Waals surface area contributed by atoms with E-state index in [9.17, 15) is 9.59 Å². The Morgan fingerprint density at radius 3 is 2.48 bits per heavy atom.